The van der Waals surface area contributed by atoms with Gasteiger partial charge in [0.15, 0.2) is 5.82 Å². The van der Waals surface area contributed by atoms with Crippen LogP contribution >= 0.6 is 0 Å². The van der Waals surface area contributed by atoms with Crippen molar-refractivity contribution in [2.75, 3.05) is 5.32 Å². The van der Waals surface area contributed by atoms with Crippen molar-refractivity contribution < 1.29 is 4.79 Å². The van der Waals surface area contributed by atoms with Crippen molar-refractivity contribution >= 4 is 22.5 Å². The molecule has 5 nitrogen and oxygen atoms in total. The number of hydrogen-bond acceptors (Lipinski definition) is 3. The molecule has 0 aliphatic heterocycles. The first-order valence-corrected chi connectivity index (χ1v) is 9.46. The summed E-state index contributed by atoms with van der Waals surface area (Å²) in [4.78, 5) is 17.1. The lowest BCUT2D eigenvalue weighted by Crippen LogP contribution is -2.23. The van der Waals surface area contributed by atoms with Crippen LogP contribution in [0, 0.1) is 12.8 Å². The molecule has 0 saturated heterocycles. The Balaban J connectivity index is 1.33. The number of amides is 1. The molecular weight excluding hydrogens is 348 g/mol. The predicted octanol–water partition coefficient (Wildman–Crippen LogP) is 4.29. The molecule has 1 unspecified atom stereocenters. The highest BCUT2D eigenvalue weighted by Crippen LogP contribution is 2.33. The highest BCUT2D eigenvalue weighted by Gasteiger charge is 2.29. The molecule has 0 saturated carbocycles. The Morgan fingerprint density at radius 1 is 1.11 bits per heavy atom. The van der Waals surface area contributed by atoms with Gasteiger partial charge in [-0.2, -0.15) is 5.10 Å². The molecule has 28 heavy (non-hydrogen) atoms. The molecule has 2 N–H and O–H groups in total. The lowest BCUT2D eigenvalue weighted by molar-refractivity contribution is -0.119. The second-order valence-electron chi connectivity index (χ2n) is 7.37. The number of pyridine rings is 1. The minimum atomic E-state index is -0.0656. The highest BCUT2D eigenvalue weighted by molar-refractivity contribution is 5.95. The van der Waals surface area contributed by atoms with Crippen molar-refractivity contribution in [2.45, 2.75) is 19.8 Å². The van der Waals surface area contributed by atoms with Gasteiger partial charge in [-0.25, -0.2) is 0 Å². The maximum Gasteiger partial charge on any atom is 0.229 e. The molecule has 138 valence electrons. The monoisotopic (exact) mass is 368 g/mol. The second-order valence-corrected chi connectivity index (χ2v) is 7.37. The standard InChI is InChI=1S/C23H20N4O/c1-14-10-17(8-9-24-14)21-13-22(27-26-21)25-23(28)18-11-16-7-6-15-4-2-3-5-19(15)20(16)12-18/h2-10,13,18H,11-12H2,1H3,(H2,25,26,27,28). The summed E-state index contributed by atoms with van der Waals surface area (Å²) in [6.07, 6.45) is 3.31. The van der Waals surface area contributed by atoms with Crippen molar-refractivity contribution in [3.05, 3.63) is 77.6 Å². The third-order valence-corrected chi connectivity index (χ3v) is 5.46. The van der Waals surface area contributed by atoms with E-state index >= 15 is 0 Å². The smallest absolute Gasteiger partial charge is 0.229 e. The number of aromatic amines is 1. The fourth-order valence-electron chi connectivity index (χ4n) is 4.06. The summed E-state index contributed by atoms with van der Waals surface area (Å²) in [6, 6.07) is 18.4. The van der Waals surface area contributed by atoms with E-state index in [0.29, 0.717) is 5.82 Å². The van der Waals surface area contributed by atoms with Gasteiger partial charge in [-0.05, 0) is 53.8 Å². The maximum absolute atomic E-state index is 12.8. The summed E-state index contributed by atoms with van der Waals surface area (Å²) < 4.78 is 0. The lowest BCUT2D eigenvalue weighted by atomic mass is 10.0. The zero-order chi connectivity index (χ0) is 19.1. The number of aromatic nitrogens is 3. The topological polar surface area (TPSA) is 70.7 Å². The van der Waals surface area contributed by atoms with Crippen molar-refractivity contribution in [2.24, 2.45) is 5.92 Å². The number of hydrogen-bond donors (Lipinski definition) is 2. The molecule has 1 aliphatic rings. The van der Waals surface area contributed by atoms with E-state index in [9.17, 15) is 4.79 Å². The van der Waals surface area contributed by atoms with Gasteiger partial charge in [-0.3, -0.25) is 14.9 Å². The summed E-state index contributed by atoms with van der Waals surface area (Å²) in [5, 5.41) is 12.7. The minimum absolute atomic E-state index is 0.0178. The molecule has 1 amide bonds. The first-order valence-electron chi connectivity index (χ1n) is 9.46. The number of H-pyrrole nitrogens is 1. The normalized spacial score (nSPS) is 15.5. The number of carbonyl (C=O) groups excluding carboxylic acids is 1. The Morgan fingerprint density at radius 3 is 2.89 bits per heavy atom. The molecule has 0 fully saturated rings. The summed E-state index contributed by atoms with van der Waals surface area (Å²) in [5.74, 6) is 0.503. The number of fused-ring (bicyclic) bond motifs is 3. The highest BCUT2D eigenvalue weighted by atomic mass is 16.2. The molecule has 2 aromatic carbocycles. The third-order valence-electron chi connectivity index (χ3n) is 5.46. The second kappa shape index (κ2) is 6.60. The van der Waals surface area contributed by atoms with Gasteiger partial charge >= 0.3 is 0 Å². The third kappa shape index (κ3) is 2.95. The fraction of sp³-hybridized carbons (Fsp3) is 0.174. The van der Waals surface area contributed by atoms with Gasteiger partial charge in [0.05, 0.1) is 5.69 Å². The van der Waals surface area contributed by atoms with Gasteiger partial charge < -0.3 is 5.32 Å². The van der Waals surface area contributed by atoms with Gasteiger partial charge in [0, 0.05) is 29.4 Å². The first-order chi connectivity index (χ1) is 13.7. The van der Waals surface area contributed by atoms with Gasteiger partial charge in [0.1, 0.15) is 0 Å². The minimum Gasteiger partial charge on any atom is -0.309 e. The van der Waals surface area contributed by atoms with E-state index in [0.717, 1.165) is 29.8 Å². The summed E-state index contributed by atoms with van der Waals surface area (Å²) in [5.41, 5.74) is 5.37. The zero-order valence-corrected chi connectivity index (χ0v) is 15.6. The molecule has 1 atom stereocenters. The zero-order valence-electron chi connectivity index (χ0n) is 15.6. The Kier molecular flexibility index (Phi) is 3.93. The molecule has 0 spiro atoms. The quantitative estimate of drug-likeness (QED) is 0.567. The maximum atomic E-state index is 12.8. The van der Waals surface area contributed by atoms with Gasteiger partial charge in [-0.15, -0.1) is 0 Å². The average Bonchev–Trinajstić information content (AvgIpc) is 3.35. The Hall–Kier alpha value is -3.47. The van der Waals surface area contributed by atoms with E-state index in [-0.39, 0.29) is 11.8 Å². The van der Waals surface area contributed by atoms with Crippen LogP contribution in [-0.4, -0.2) is 21.1 Å². The molecule has 4 aromatic rings. The fourth-order valence-corrected chi connectivity index (χ4v) is 4.06. The summed E-state index contributed by atoms with van der Waals surface area (Å²) in [7, 11) is 0. The van der Waals surface area contributed by atoms with E-state index in [1.54, 1.807) is 6.20 Å². The number of benzene rings is 2. The molecule has 2 aromatic heterocycles. The van der Waals surface area contributed by atoms with Crippen LogP contribution in [-0.2, 0) is 17.6 Å². The Labute approximate surface area is 162 Å². The molecule has 2 heterocycles. The van der Waals surface area contributed by atoms with E-state index in [4.69, 9.17) is 0 Å². The number of nitrogens with zero attached hydrogens (tertiary/aromatic N) is 2. The molecule has 0 bridgehead atoms. The Bertz CT molecular complexity index is 1190. The number of anilines is 1. The Morgan fingerprint density at radius 2 is 2.00 bits per heavy atom. The number of carbonyl (C=O) groups is 1. The molecule has 5 heteroatoms. The summed E-state index contributed by atoms with van der Waals surface area (Å²) >= 11 is 0. The van der Waals surface area contributed by atoms with Crippen LogP contribution in [0.4, 0.5) is 5.82 Å². The van der Waals surface area contributed by atoms with Crippen LogP contribution in [0.5, 0.6) is 0 Å². The number of aryl methyl sites for hydroxylation is 1. The van der Waals surface area contributed by atoms with Crippen LogP contribution in [0.25, 0.3) is 22.0 Å². The number of rotatable bonds is 3. The van der Waals surface area contributed by atoms with Crippen LogP contribution < -0.4 is 5.32 Å². The van der Waals surface area contributed by atoms with Crippen molar-refractivity contribution in [1.82, 2.24) is 15.2 Å². The van der Waals surface area contributed by atoms with E-state index in [1.807, 2.05) is 31.2 Å². The number of nitrogens with one attached hydrogen (secondary N) is 2. The molecule has 0 radical (unpaired) electrons. The van der Waals surface area contributed by atoms with Crippen molar-refractivity contribution in [1.29, 1.82) is 0 Å². The first kappa shape index (κ1) is 16.7. The van der Waals surface area contributed by atoms with E-state index in [1.165, 1.54) is 21.9 Å². The molecule has 1 aliphatic carbocycles. The molecular formula is C23H20N4O. The predicted molar refractivity (Wildman–Crippen MR) is 110 cm³/mol. The van der Waals surface area contributed by atoms with Gasteiger partial charge in [0.2, 0.25) is 5.91 Å². The largest absolute Gasteiger partial charge is 0.309 e. The average molecular weight is 368 g/mol. The van der Waals surface area contributed by atoms with Crippen molar-refractivity contribution in [3.8, 4) is 11.3 Å². The van der Waals surface area contributed by atoms with E-state index in [2.05, 4.69) is 50.8 Å². The lowest BCUT2D eigenvalue weighted by Gasteiger charge is -2.08. The van der Waals surface area contributed by atoms with Gasteiger partial charge in [-0.1, -0.05) is 36.4 Å². The van der Waals surface area contributed by atoms with Crippen LogP contribution in [0.2, 0.25) is 0 Å². The summed E-state index contributed by atoms with van der Waals surface area (Å²) in [6.45, 7) is 1.95. The van der Waals surface area contributed by atoms with E-state index < -0.39 is 0 Å². The van der Waals surface area contributed by atoms with Crippen LogP contribution in [0.3, 0.4) is 0 Å². The van der Waals surface area contributed by atoms with Gasteiger partial charge in [0.25, 0.3) is 0 Å². The van der Waals surface area contributed by atoms with Crippen LogP contribution in [0.1, 0.15) is 16.8 Å². The van der Waals surface area contributed by atoms with Crippen molar-refractivity contribution in [3.63, 3.8) is 0 Å². The SMILES string of the molecule is Cc1cc(-c2cc(NC(=O)C3Cc4ccc5ccccc5c4C3)n[nH]2)ccn1. The van der Waals surface area contributed by atoms with Crippen LogP contribution in [0.15, 0.2) is 60.8 Å². The molecule has 5 rings (SSSR count).